The Balaban J connectivity index is 2.25. The van der Waals surface area contributed by atoms with Crippen LogP contribution >= 0.6 is 0 Å². The molecule has 21 heavy (non-hydrogen) atoms. The van der Waals surface area contributed by atoms with Gasteiger partial charge in [-0.2, -0.15) is 8.42 Å². The molecule has 7 nitrogen and oxygen atoms in total. The molecule has 0 radical (unpaired) electrons. The normalized spacial score (nSPS) is 14.9. The lowest BCUT2D eigenvalue weighted by molar-refractivity contribution is 0.121. The highest BCUT2D eigenvalue weighted by Crippen LogP contribution is 2.29. The third-order valence-corrected chi connectivity index (χ3v) is 4.26. The summed E-state index contributed by atoms with van der Waals surface area (Å²) in [4.78, 5) is 11.6. The fourth-order valence-corrected chi connectivity index (χ4v) is 3.21. The summed E-state index contributed by atoms with van der Waals surface area (Å²) in [5.41, 5.74) is 1.23. The van der Waals surface area contributed by atoms with Crippen LogP contribution in [-0.4, -0.2) is 33.7 Å². The quantitative estimate of drug-likeness (QED) is 0.886. The van der Waals surface area contributed by atoms with Crippen molar-refractivity contribution in [2.75, 3.05) is 22.7 Å². The van der Waals surface area contributed by atoms with Crippen molar-refractivity contribution in [1.29, 1.82) is 0 Å². The van der Waals surface area contributed by atoms with Crippen molar-refractivity contribution in [3.05, 3.63) is 24.3 Å². The maximum Gasteiger partial charge on any atom is 0.422 e. The Bertz CT molecular complexity index is 616. The zero-order valence-electron chi connectivity index (χ0n) is 12.0. The van der Waals surface area contributed by atoms with Crippen molar-refractivity contribution >= 4 is 27.7 Å². The second-order valence-electron chi connectivity index (χ2n) is 4.93. The van der Waals surface area contributed by atoms with Crippen LogP contribution in [0, 0.1) is 0 Å². The van der Waals surface area contributed by atoms with Crippen LogP contribution in [0.25, 0.3) is 0 Å². The van der Waals surface area contributed by atoms with Gasteiger partial charge in [-0.05, 0) is 32.4 Å². The molecule has 1 aliphatic rings. The molecule has 2 N–H and O–H groups in total. The summed E-state index contributed by atoms with van der Waals surface area (Å²) in [5, 5.41) is 3.16. The van der Waals surface area contributed by atoms with Gasteiger partial charge in [0.1, 0.15) is 0 Å². The number of nitrogens with one attached hydrogen (secondary N) is 2. The lowest BCUT2D eigenvalue weighted by Gasteiger charge is -2.24. The lowest BCUT2D eigenvalue weighted by Crippen LogP contribution is -2.44. The van der Waals surface area contributed by atoms with E-state index in [2.05, 4.69) is 5.32 Å². The number of nitrogens with zero attached hydrogens (tertiary/aromatic N) is 1. The molecule has 0 bridgehead atoms. The Morgan fingerprint density at radius 1 is 1.38 bits per heavy atom. The number of para-hydroxylation sites is 2. The highest BCUT2D eigenvalue weighted by molar-refractivity contribution is 7.91. The average molecular weight is 313 g/mol. The molecule has 1 aromatic rings. The topological polar surface area (TPSA) is 87.7 Å². The molecule has 0 spiro atoms. The second kappa shape index (κ2) is 6.21. The summed E-state index contributed by atoms with van der Waals surface area (Å²) in [5.74, 6) is 0. The molecule has 0 fully saturated rings. The van der Waals surface area contributed by atoms with E-state index in [1.165, 1.54) is 4.31 Å². The summed E-state index contributed by atoms with van der Waals surface area (Å²) >= 11 is 0. The molecule has 0 unspecified atom stereocenters. The first-order valence-electron chi connectivity index (χ1n) is 6.74. The number of hydrogen-bond acceptors (Lipinski definition) is 5. The van der Waals surface area contributed by atoms with Crippen molar-refractivity contribution in [3.63, 3.8) is 0 Å². The van der Waals surface area contributed by atoms with Crippen LogP contribution in [-0.2, 0) is 14.9 Å². The number of carbonyl (C=O) groups is 1. The maximum atomic E-state index is 12.4. The Morgan fingerprint density at radius 2 is 2.10 bits per heavy atom. The van der Waals surface area contributed by atoms with E-state index in [1.807, 2.05) is 10.8 Å². The summed E-state index contributed by atoms with van der Waals surface area (Å²) in [6, 6.07) is 7.07. The summed E-state index contributed by atoms with van der Waals surface area (Å²) in [6.07, 6.45) is -0.729. The zero-order valence-corrected chi connectivity index (χ0v) is 12.8. The Hall–Kier alpha value is -1.96. The first-order chi connectivity index (χ1) is 9.90. The van der Waals surface area contributed by atoms with E-state index in [4.69, 9.17) is 4.74 Å². The van der Waals surface area contributed by atoms with Gasteiger partial charge in [0, 0.05) is 13.1 Å². The van der Waals surface area contributed by atoms with E-state index in [1.54, 1.807) is 32.0 Å². The number of hydrogen-bond donors (Lipinski definition) is 2. The maximum absolute atomic E-state index is 12.4. The first kappa shape index (κ1) is 15.4. The van der Waals surface area contributed by atoms with Gasteiger partial charge in [0.05, 0.1) is 17.5 Å². The first-order valence-corrected chi connectivity index (χ1v) is 8.18. The SMILES string of the molecule is CC(C)OC(=O)NS(=O)(=O)N1CCCNc2ccccc21. The molecule has 1 amide bonds. The van der Waals surface area contributed by atoms with Gasteiger partial charge < -0.3 is 10.1 Å². The van der Waals surface area contributed by atoms with Crippen LogP contribution < -0.4 is 14.3 Å². The molecular formula is C13H19N3O4S. The van der Waals surface area contributed by atoms with Gasteiger partial charge in [-0.3, -0.25) is 4.31 Å². The third kappa shape index (κ3) is 3.78. The van der Waals surface area contributed by atoms with Gasteiger partial charge in [0.25, 0.3) is 0 Å². The van der Waals surface area contributed by atoms with Crippen molar-refractivity contribution in [2.24, 2.45) is 0 Å². The fourth-order valence-electron chi connectivity index (χ4n) is 2.05. The monoisotopic (exact) mass is 313 g/mol. The van der Waals surface area contributed by atoms with Gasteiger partial charge in [-0.1, -0.05) is 12.1 Å². The zero-order chi connectivity index (χ0) is 15.5. The Kier molecular flexibility index (Phi) is 4.56. The van der Waals surface area contributed by atoms with Gasteiger partial charge >= 0.3 is 16.3 Å². The average Bonchev–Trinajstić information content (AvgIpc) is 2.59. The molecule has 1 aliphatic heterocycles. The van der Waals surface area contributed by atoms with E-state index in [9.17, 15) is 13.2 Å². The molecule has 116 valence electrons. The molecule has 0 atom stereocenters. The number of anilines is 2. The largest absolute Gasteiger partial charge is 0.446 e. The minimum atomic E-state index is -4.00. The minimum Gasteiger partial charge on any atom is -0.446 e. The molecule has 0 saturated carbocycles. The van der Waals surface area contributed by atoms with Crippen LogP contribution in [0.1, 0.15) is 20.3 Å². The lowest BCUT2D eigenvalue weighted by atomic mass is 10.2. The number of ether oxygens (including phenoxy) is 1. The molecule has 2 rings (SSSR count). The molecule has 0 saturated heterocycles. The summed E-state index contributed by atoms with van der Waals surface area (Å²) in [6.45, 7) is 4.25. The second-order valence-corrected chi connectivity index (χ2v) is 6.53. The molecule has 8 heteroatoms. The molecule has 0 aliphatic carbocycles. The summed E-state index contributed by atoms with van der Waals surface area (Å²) in [7, 11) is -4.00. The number of rotatable bonds is 3. The van der Waals surface area contributed by atoms with Gasteiger partial charge in [-0.25, -0.2) is 9.52 Å². The highest BCUT2D eigenvalue weighted by Gasteiger charge is 2.28. The van der Waals surface area contributed by atoms with Gasteiger partial charge in [0.15, 0.2) is 0 Å². The van der Waals surface area contributed by atoms with Gasteiger partial charge in [0.2, 0.25) is 0 Å². The van der Waals surface area contributed by atoms with Crippen LogP contribution in [0.5, 0.6) is 0 Å². The van der Waals surface area contributed by atoms with Crippen LogP contribution in [0.4, 0.5) is 16.2 Å². The van der Waals surface area contributed by atoms with Crippen LogP contribution in [0.15, 0.2) is 24.3 Å². The molecular weight excluding hydrogens is 294 g/mol. The van der Waals surface area contributed by atoms with E-state index in [0.717, 1.165) is 5.69 Å². The number of fused-ring (bicyclic) bond motifs is 1. The minimum absolute atomic E-state index is 0.286. The Labute approximate surface area is 124 Å². The summed E-state index contributed by atoms with van der Waals surface area (Å²) < 4.78 is 32.7. The van der Waals surface area contributed by atoms with Crippen molar-refractivity contribution < 1.29 is 17.9 Å². The van der Waals surface area contributed by atoms with Crippen molar-refractivity contribution in [2.45, 2.75) is 26.4 Å². The van der Waals surface area contributed by atoms with E-state index in [-0.39, 0.29) is 6.54 Å². The number of carbonyl (C=O) groups excluding carboxylic acids is 1. The van der Waals surface area contributed by atoms with Crippen molar-refractivity contribution in [1.82, 2.24) is 4.72 Å². The van der Waals surface area contributed by atoms with Crippen LogP contribution in [0.2, 0.25) is 0 Å². The number of amides is 1. The predicted molar refractivity (Wildman–Crippen MR) is 80.6 cm³/mol. The third-order valence-electron chi connectivity index (χ3n) is 2.87. The highest BCUT2D eigenvalue weighted by atomic mass is 32.2. The smallest absolute Gasteiger partial charge is 0.422 e. The number of benzene rings is 1. The predicted octanol–water partition coefficient (Wildman–Crippen LogP) is 1.69. The molecule has 0 aromatic heterocycles. The molecule has 1 aromatic carbocycles. The van der Waals surface area contributed by atoms with Gasteiger partial charge in [-0.15, -0.1) is 0 Å². The van der Waals surface area contributed by atoms with Crippen LogP contribution in [0.3, 0.4) is 0 Å². The molecule has 1 heterocycles. The van der Waals surface area contributed by atoms with E-state index < -0.39 is 22.4 Å². The van der Waals surface area contributed by atoms with E-state index in [0.29, 0.717) is 18.7 Å². The van der Waals surface area contributed by atoms with E-state index >= 15 is 0 Å². The standard InChI is InChI=1S/C13H19N3O4S/c1-10(2)20-13(17)15-21(18,19)16-9-5-8-14-11-6-3-4-7-12(11)16/h3-4,6-7,10,14H,5,8-9H2,1-2H3,(H,15,17). The Morgan fingerprint density at radius 3 is 2.81 bits per heavy atom. The fraction of sp³-hybridized carbons (Fsp3) is 0.462. The van der Waals surface area contributed by atoms with Crippen molar-refractivity contribution in [3.8, 4) is 0 Å².